The van der Waals surface area contributed by atoms with Gasteiger partial charge in [-0.3, -0.25) is 0 Å². The number of rotatable bonds is 9. The van der Waals surface area contributed by atoms with E-state index in [1.54, 1.807) is 0 Å². The van der Waals surface area contributed by atoms with E-state index >= 15 is 0 Å². The molecular formula is C13H29NO. The third-order valence-corrected chi connectivity index (χ3v) is 2.91. The van der Waals surface area contributed by atoms with Gasteiger partial charge in [-0.05, 0) is 12.3 Å². The summed E-state index contributed by atoms with van der Waals surface area (Å²) < 4.78 is 0. The second-order valence-corrected chi connectivity index (χ2v) is 4.87. The maximum absolute atomic E-state index is 9.84. The van der Waals surface area contributed by atoms with Crippen molar-refractivity contribution in [2.24, 2.45) is 5.92 Å². The number of unbranched alkanes of at least 4 members (excludes halogenated alkanes) is 1. The minimum atomic E-state index is -0.172. The van der Waals surface area contributed by atoms with Gasteiger partial charge in [0.2, 0.25) is 0 Å². The van der Waals surface area contributed by atoms with Crippen LogP contribution in [0.1, 0.15) is 59.8 Å². The van der Waals surface area contributed by atoms with Crippen molar-refractivity contribution in [1.82, 2.24) is 5.32 Å². The monoisotopic (exact) mass is 215 g/mol. The summed E-state index contributed by atoms with van der Waals surface area (Å²) >= 11 is 0. The van der Waals surface area contributed by atoms with Crippen molar-refractivity contribution in [2.45, 2.75) is 71.9 Å². The molecule has 2 N–H and O–H groups in total. The molecule has 0 aromatic rings. The van der Waals surface area contributed by atoms with Gasteiger partial charge in [-0.15, -0.1) is 0 Å². The van der Waals surface area contributed by atoms with Gasteiger partial charge in [-0.2, -0.15) is 0 Å². The van der Waals surface area contributed by atoms with E-state index in [4.69, 9.17) is 0 Å². The van der Waals surface area contributed by atoms with E-state index in [0.29, 0.717) is 12.0 Å². The molecule has 2 nitrogen and oxygen atoms in total. The molecule has 0 fully saturated rings. The minimum absolute atomic E-state index is 0.172. The molecule has 92 valence electrons. The first-order valence-corrected chi connectivity index (χ1v) is 6.51. The predicted molar refractivity (Wildman–Crippen MR) is 67.1 cm³/mol. The Bertz CT molecular complexity index is 136. The molecule has 0 amide bonds. The lowest BCUT2D eigenvalue weighted by atomic mass is 9.93. The molecule has 0 bridgehead atoms. The molecule has 2 unspecified atom stereocenters. The smallest absolute Gasteiger partial charge is 0.0667 e. The average molecular weight is 215 g/mol. The van der Waals surface area contributed by atoms with Crippen LogP contribution in [-0.4, -0.2) is 23.8 Å². The minimum Gasteiger partial charge on any atom is -0.392 e. The summed E-state index contributed by atoms with van der Waals surface area (Å²) in [5.74, 6) is 0.703. The second kappa shape index (κ2) is 9.17. The standard InChI is InChI=1S/C13H29NO/c1-5-7-8-12(6-2)9-13(15)10-14-11(3)4/h11-15H,5-10H2,1-4H3. The Morgan fingerprint density at radius 1 is 1.20 bits per heavy atom. The van der Waals surface area contributed by atoms with Gasteiger partial charge in [0.25, 0.3) is 0 Å². The van der Waals surface area contributed by atoms with Crippen molar-refractivity contribution in [3.63, 3.8) is 0 Å². The maximum Gasteiger partial charge on any atom is 0.0667 e. The average Bonchev–Trinajstić information content (AvgIpc) is 2.21. The molecule has 0 aliphatic carbocycles. The fraction of sp³-hybridized carbons (Fsp3) is 1.00. The quantitative estimate of drug-likeness (QED) is 0.620. The van der Waals surface area contributed by atoms with Crippen LogP contribution in [0.5, 0.6) is 0 Å². The van der Waals surface area contributed by atoms with Crippen LogP contribution in [0.4, 0.5) is 0 Å². The Labute approximate surface area is 95.5 Å². The summed E-state index contributed by atoms with van der Waals surface area (Å²) in [6.07, 6.45) is 5.80. The molecule has 0 spiro atoms. The first kappa shape index (κ1) is 14.9. The first-order chi connectivity index (χ1) is 7.10. The van der Waals surface area contributed by atoms with Gasteiger partial charge in [0, 0.05) is 12.6 Å². The Kier molecular flexibility index (Phi) is 9.12. The van der Waals surface area contributed by atoms with Crippen LogP contribution in [0.15, 0.2) is 0 Å². The van der Waals surface area contributed by atoms with Gasteiger partial charge >= 0.3 is 0 Å². The molecular weight excluding hydrogens is 186 g/mol. The highest BCUT2D eigenvalue weighted by Crippen LogP contribution is 2.18. The lowest BCUT2D eigenvalue weighted by Crippen LogP contribution is -2.33. The van der Waals surface area contributed by atoms with Crippen molar-refractivity contribution in [1.29, 1.82) is 0 Å². The molecule has 0 aliphatic rings. The molecule has 0 rings (SSSR count). The Morgan fingerprint density at radius 2 is 1.87 bits per heavy atom. The number of aliphatic hydroxyl groups is 1. The highest BCUT2D eigenvalue weighted by Gasteiger charge is 2.12. The van der Waals surface area contributed by atoms with E-state index in [1.165, 1.54) is 25.7 Å². The summed E-state index contributed by atoms with van der Waals surface area (Å²) in [6.45, 7) is 9.41. The zero-order valence-electron chi connectivity index (χ0n) is 10.9. The zero-order valence-corrected chi connectivity index (χ0v) is 10.9. The second-order valence-electron chi connectivity index (χ2n) is 4.87. The fourth-order valence-electron chi connectivity index (χ4n) is 1.82. The Hall–Kier alpha value is -0.0800. The summed E-state index contributed by atoms with van der Waals surface area (Å²) in [4.78, 5) is 0. The summed E-state index contributed by atoms with van der Waals surface area (Å²) in [6, 6.07) is 0.468. The van der Waals surface area contributed by atoms with Crippen molar-refractivity contribution < 1.29 is 5.11 Å². The first-order valence-electron chi connectivity index (χ1n) is 6.51. The number of hydrogen-bond acceptors (Lipinski definition) is 2. The number of aliphatic hydroxyl groups excluding tert-OH is 1. The van der Waals surface area contributed by atoms with Crippen molar-refractivity contribution in [3.05, 3.63) is 0 Å². The molecule has 2 heteroatoms. The van der Waals surface area contributed by atoms with Crippen molar-refractivity contribution >= 4 is 0 Å². The molecule has 0 heterocycles. The van der Waals surface area contributed by atoms with Crippen LogP contribution in [0.2, 0.25) is 0 Å². The van der Waals surface area contributed by atoms with Gasteiger partial charge in [0.1, 0.15) is 0 Å². The molecule has 0 saturated heterocycles. The van der Waals surface area contributed by atoms with Crippen LogP contribution in [0.3, 0.4) is 0 Å². The largest absolute Gasteiger partial charge is 0.392 e. The van der Waals surface area contributed by atoms with E-state index in [2.05, 4.69) is 33.0 Å². The lowest BCUT2D eigenvalue weighted by Gasteiger charge is -2.20. The fourth-order valence-corrected chi connectivity index (χ4v) is 1.82. The van der Waals surface area contributed by atoms with Gasteiger partial charge in [0.15, 0.2) is 0 Å². The summed E-state index contributed by atoms with van der Waals surface area (Å²) in [5.41, 5.74) is 0. The molecule has 0 aromatic heterocycles. The highest BCUT2D eigenvalue weighted by atomic mass is 16.3. The van der Waals surface area contributed by atoms with Gasteiger partial charge < -0.3 is 10.4 Å². The van der Waals surface area contributed by atoms with Crippen LogP contribution >= 0.6 is 0 Å². The topological polar surface area (TPSA) is 32.3 Å². The molecule has 0 saturated carbocycles. The van der Waals surface area contributed by atoms with Crippen LogP contribution in [0, 0.1) is 5.92 Å². The van der Waals surface area contributed by atoms with E-state index in [-0.39, 0.29) is 6.10 Å². The van der Waals surface area contributed by atoms with E-state index in [9.17, 15) is 5.11 Å². The van der Waals surface area contributed by atoms with Gasteiger partial charge in [0.05, 0.1) is 6.10 Å². The van der Waals surface area contributed by atoms with Crippen LogP contribution in [-0.2, 0) is 0 Å². The third kappa shape index (κ3) is 8.88. The highest BCUT2D eigenvalue weighted by molar-refractivity contribution is 4.67. The third-order valence-electron chi connectivity index (χ3n) is 2.91. The molecule has 15 heavy (non-hydrogen) atoms. The molecule has 0 aliphatic heterocycles. The lowest BCUT2D eigenvalue weighted by molar-refractivity contribution is 0.133. The van der Waals surface area contributed by atoms with Crippen molar-refractivity contribution in [3.8, 4) is 0 Å². The van der Waals surface area contributed by atoms with E-state index < -0.39 is 0 Å². The van der Waals surface area contributed by atoms with Crippen molar-refractivity contribution in [2.75, 3.05) is 6.54 Å². The van der Waals surface area contributed by atoms with Crippen LogP contribution in [0.25, 0.3) is 0 Å². The molecule has 0 aromatic carbocycles. The van der Waals surface area contributed by atoms with Gasteiger partial charge in [-0.1, -0.05) is 53.4 Å². The zero-order chi connectivity index (χ0) is 11.7. The SMILES string of the molecule is CCCCC(CC)CC(O)CNC(C)C. The van der Waals surface area contributed by atoms with E-state index in [0.717, 1.165) is 13.0 Å². The maximum atomic E-state index is 9.84. The van der Waals surface area contributed by atoms with Crippen LogP contribution < -0.4 is 5.32 Å². The summed E-state index contributed by atoms with van der Waals surface area (Å²) in [5, 5.41) is 13.1. The Morgan fingerprint density at radius 3 is 2.33 bits per heavy atom. The van der Waals surface area contributed by atoms with E-state index in [1.807, 2.05) is 0 Å². The number of hydrogen-bond donors (Lipinski definition) is 2. The predicted octanol–water partition coefficient (Wildman–Crippen LogP) is 2.95. The number of nitrogens with one attached hydrogen (secondary N) is 1. The Balaban J connectivity index is 3.64. The molecule has 2 atom stereocenters. The molecule has 0 radical (unpaired) electrons. The van der Waals surface area contributed by atoms with Gasteiger partial charge in [-0.25, -0.2) is 0 Å². The summed E-state index contributed by atoms with van der Waals surface area (Å²) in [7, 11) is 0. The normalized spacial score (nSPS) is 15.6.